The third kappa shape index (κ3) is 4.18. The van der Waals surface area contributed by atoms with Gasteiger partial charge in [-0.3, -0.25) is 9.69 Å². The van der Waals surface area contributed by atoms with Crippen molar-refractivity contribution in [3.05, 3.63) is 78.1 Å². The van der Waals surface area contributed by atoms with Gasteiger partial charge in [-0.25, -0.2) is 4.79 Å². The molecule has 1 N–H and O–H groups in total. The Kier molecular flexibility index (Phi) is 6.40. The van der Waals surface area contributed by atoms with Gasteiger partial charge in [-0.2, -0.15) is 0 Å². The molecule has 7 heteroatoms. The number of methoxy groups -OCH3 is 1. The number of amides is 3. The number of ether oxygens (including phenoxy) is 1. The highest BCUT2D eigenvalue weighted by Gasteiger charge is 2.37. The molecule has 2 aromatic carbocycles. The Morgan fingerprint density at radius 3 is 2.36 bits per heavy atom. The fourth-order valence-corrected chi connectivity index (χ4v) is 4.33. The van der Waals surface area contributed by atoms with Crippen LogP contribution in [0.2, 0.25) is 0 Å². The molecule has 0 saturated carbocycles. The number of benzene rings is 2. The average molecular weight is 447 g/mol. The first-order valence-corrected chi connectivity index (χ1v) is 11.2. The molecule has 3 aromatic rings. The predicted molar refractivity (Wildman–Crippen MR) is 129 cm³/mol. The number of hydrogen-bond donors (Lipinski definition) is 1. The zero-order chi connectivity index (χ0) is 23.5. The van der Waals surface area contributed by atoms with E-state index in [0.29, 0.717) is 6.54 Å². The molecule has 0 aliphatic carbocycles. The molecular weight excluding hydrogens is 416 g/mol. The van der Waals surface area contributed by atoms with Crippen molar-refractivity contribution >= 4 is 17.6 Å². The molecule has 2 heterocycles. The van der Waals surface area contributed by atoms with Gasteiger partial charge in [0, 0.05) is 18.8 Å². The maximum Gasteiger partial charge on any atom is 0.318 e. The van der Waals surface area contributed by atoms with Gasteiger partial charge in [0.05, 0.1) is 24.2 Å². The lowest BCUT2D eigenvalue weighted by molar-refractivity contribution is -0.120. The summed E-state index contributed by atoms with van der Waals surface area (Å²) >= 11 is 0. The molecule has 0 radical (unpaired) electrons. The van der Waals surface area contributed by atoms with Crippen LogP contribution < -0.4 is 15.0 Å². The normalized spacial score (nSPS) is 14.5. The lowest BCUT2D eigenvalue weighted by atomic mass is 9.97. The van der Waals surface area contributed by atoms with E-state index in [0.717, 1.165) is 28.4 Å². The van der Waals surface area contributed by atoms with Crippen molar-refractivity contribution in [2.45, 2.75) is 32.9 Å². The molecule has 7 nitrogen and oxygen atoms in total. The van der Waals surface area contributed by atoms with Gasteiger partial charge >= 0.3 is 6.03 Å². The fraction of sp³-hybridized carbons (Fsp3) is 0.308. The van der Waals surface area contributed by atoms with E-state index in [1.165, 1.54) is 0 Å². The predicted octanol–water partition coefficient (Wildman–Crippen LogP) is 4.36. The second-order valence-corrected chi connectivity index (χ2v) is 8.29. The molecule has 33 heavy (non-hydrogen) atoms. The fourth-order valence-electron chi connectivity index (χ4n) is 4.33. The van der Waals surface area contributed by atoms with Crippen molar-refractivity contribution in [2.75, 3.05) is 25.1 Å². The van der Waals surface area contributed by atoms with Crippen molar-refractivity contribution in [2.24, 2.45) is 0 Å². The largest absolute Gasteiger partial charge is 0.497 e. The minimum Gasteiger partial charge on any atom is -0.497 e. The summed E-state index contributed by atoms with van der Waals surface area (Å²) in [4.78, 5) is 29.9. The number of nitrogens with zero attached hydrogens (tertiary/aromatic N) is 3. The monoisotopic (exact) mass is 446 g/mol. The van der Waals surface area contributed by atoms with Gasteiger partial charge in [-0.1, -0.05) is 24.3 Å². The highest BCUT2D eigenvalue weighted by molar-refractivity contribution is 6.00. The molecule has 3 amide bonds. The standard InChI is InChI=1S/C26H30N4O3/c1-5-27-26(32)29(18(2)3)17-24(31)30-22-10-7-6-9-21(22)28-16-8-11-23(28)25(30)19-12-14-20(33-4)15-13-19/h6-16,18,25H,5,17H2,1-4H3,(H,27,32). The van der Waals surface area contributed by atoms with Gasteiger partial charge in [0.1, 0.15) is 18.3 Å². The minimum atomic E-state index is -0.337. The Morgan fingerprint density at radius 1 is 1.03 bits per heavy atom. The van der Waals surface area contributed by atoms with Crippen molar-refractivity contribution in [1.82, 2.24) is 14.8 Å². The minimum absolute atomic E-state index is 0.0226. The van der Waals surface area contributed by atoms with E-state index in [9.17, 15) is 9.59 Å². The van der Waals surface area contributed by atoms with Crippen LogP contribution in [0, 0.1) is 0 Å². The highest BCUT2D eigenvalue weighted by Crippen LogP contribution is 2.42. The maximum atomic E-state index is 13.9. The van der Waals surface area contributed by atoms with Crippen molar-refractivity contribution in [3.8, 4) is 11.4 Å². The summed E-state index contributed by atoms with van der Waals surface area (Å²) in [6.45, 7) is 6.18. The lowest BCUT2D eigenvalue weighted by Gasteiger charge is -2.40. The Labute approximate surface area is 194 Å². The Morgan fingerprint density at radius 2 is 1.73 bits per heavy atom. The molecule has 4 rings (SSSR count). The van der Waals surface area contributed by atoms with Gasteiger partial charge < -0.3 is 19.5 Å². The quantitative estimate of drug-likeness (QED) is 0.612. The van der Waals surface area contributed by atoms with E-state index in [1.54, 1.807) is 12.0 Å². The van der Waals surface area contributed by atoms with Crippen LogP contribution in [0.1, 0.15) is 38.1 Å². The number of carbonyl (C=O) groups is 2. The molecular formula is C26H30N4O3. The number of carbonyl (C=O) groups excluding carboxylic acids is 2. The van der Waals surface area contributed by atoms with Gasteiger partial charge in [0.15, 0.2) is 0 Å². The molecule has 1 unspecified atom stereocenters. The van der Waals surface area contributed by atoms with Crippen LogP contribution in [0.4, 0.5) is 10.5 Å². The SMILES string of the molecule is CCNC(=O)N(CC(=O)N1c2ccccc2-n2cccc2C1c1ccc(OC)cc1)C(C)C. The lowest BCUT2D eigenvalue weighted by Crippen LogP contribution is -2.51. The maximum absolute atomic E-state index is 13.9. The number of anilines is 1. The molecule has 1 aromatic heterocycles. The first kappa shape index (κ1) is 22.5. The van der Waals surface area contributed by atoms with Crippen molar-refractivity contribution < 1.29 is 14.3 Å². The van der Waals surface area contributed by atoms with Gasteiger partial charge in [0.25, 0.3) is 0 Å². The summed E-state index contributed by atoms with van der Waals surface area (Å²) in [5.41, 5.74) is 3.70. The zero-order valence-electron chi connectivity index (χ0n) is 19.5. The van der Waals surface area contributed by atoms with Gasteiger partial charge in [-0.15, -0.1) is 0 Å². The number of hydrogen-bond acceptors (Lipinski definition) is 3. The second-order valence-electron chi connectivity index (χ2n) is 8.29. The van der Waals surface area contributed by atoms with E-state index in [-0.39, 0.29) is 30.6 Å². The number of urea groups is 1. The Balaban J connectivity index is 1.80. The smallest absolute Gasteiger partial charge is 0.318 e. The van der Waals surface area contributed by atoms with Crippen LogP contribution in [0.5, 0.6) is 5.75 Å². The molecule has 1 atom stereocenters. The highest BCUT2D eigenvalue weighted by atomic mass is 16.5. The third-order valence-corrected chi connectivity index (χ3v) is 5.94. The number of aromatic nitrogens is 1. The second kappa shape index (κ2) is 9.40. The third-order valence-electron chi connectivity index (χ3n) is 5.94. The Hall–Kier alpha value is -3.74. The summed E-state index contributed by atoms with van der Waals surface area (Å²) < 4.78 is 7.46. The zero-order valence-corrected chi connectivity index (χ0v) is 19.5. The molecule has 0 fully saturated rings. The van der Waals surface area contributed by atoms with Gasteiger partial charge in [-0.05, 0) is 62.7 Å². The summed E-state index contributed by atoms with van der Waals surface area (Å²) in [5.74, 6) is 0.612. The summed E-state index contributed by atoms with van der Waals surface area (Å²) in [7, 11) is 1.63. The molecule has 172 valence electrons. The molecule has 1 aliphatic heterocycles. The summed E-state index contributed by atoms with van der Waals surface area (Å²) in [6, 6.07) is 19.0. The topological polar surface area (TPSA) is 66.8 Å². The Bertz CT molecular complexity index is 1140. The van der Waals surface area contributed by atoms with E-state index >= 15 is 0 Å². The van der Waals surface area contributed by atoms with Crippen LogP contribution in [-0.4, -0.2) is 47.6 Å². The van der Waals surface area contributed by atoms with Crippen LogP contribution in [-0.2, 0) is 4.79 Å². The first-order valence-electron chi connectivity index (χ1n) is 11.2. The van der Waals surface area contributed by atoms with Crippen molar-refractivity contribution in [3.63, 3.8) is 0 Å². The number of rotatable bonds is 6. The van der Waals surface area contributed by atoms with Crippen LogP contribution in [0.3, 0.4) is 0 Å². The number of para-hydroxylation sites is 2. The molecule has 0 saturated heterocycles. The van der Waals surface area contributed by atoms with E-state index < -0.39 is 0 Å². The van der Waals surface area contributed by atoms with E-state index in [2.05, 4.69) is 9.88 Å². The van der Waals surface area contributed by atoms with Crippen LogP contribution in [0.25, 0.3) is 5.69 Å². The number of nitrogens with one attached hydrogen (secondary N) is 1. The molecule has 1 aliphatic rings. The van der Waals surface area contributed by atoms with E-state index in [1.807, 2.05) is 92.5 Å². The van der Waals surface area contributed by atoms with Gasteiger partial charge in [0.2, 0.25) is 5.91 Å². The molecule has 0 bridgehead atoms. The summed E-state index contributed by atoms with van der Waals surface area (Å²) in [5, 5.41) is 2.82. The summed E-state index contributed by atoms with van der Waals surface area (Å²) in [6.07, 6.45) is 2.02. The van der Waals surface area contributed by atoms with Crippen molar-refractivity contribution in [1.29, 1.82) is 0 Å². The first-order chi connectivity index (χ1) is 16.0. The van der Waals surface area contributed by atoms with Crippen LogP contribution in [0.15, 0.2) is 66.9 Å². The molecule has 0 spiro atoms. The van der Waals surface area contributed by atoms with Crippen LogP contribution >= 0.6 is 0 Å². The average Bonchev–Trinajstić information content (AvgIpc) is 3.31. The number of fused-ring (bicyclic) bond motifs is 3. The van der Waals surface area contributed by atoms with E-state index in [4.69, 9.17) is 4.74 Å².